The van der Waals surface area contributed by atoms with Gasteiger partial charge < -0.3 is 5.32 Å². The van der Waals surface area contributed by atoms with E-state index in [-0.39, 0.29) is 0 Å². The van der Waals surface area contributed by atoms with E-state index in [1.165, 1.54) is 31.2 Å². The maximum atomic E-state index is 4.15. The van der Waals surface area contributed by atoms with Crippen LogP contribution in [0.5, 0.6) is 0 Å². The molecule has 1 N–H and O–H groups in total. The first-order chi connectivity index (χ1) is 7.92. The highest BCUT2D eigenvalue weighted by molar-refractivity contribution is 5.08. The first-order valence-electron chi connectivity index (χ1n) is 6.54. The van der Waals surface area contributed by atoms with Crippen LogP contribution >= 0.6 is 0 Å². The molecule has 0 radical (unpaired) electrons. The number of pyridine rings is 1. The minimum absolute atomic E-state index is 0.815. The Morgan fingerprint density at radius 2 is 2.31 bits per heavy atom. The van der Waals surface area contributed by atoms with E-state index < -0.39 is 0 Å². The molecule has 3 rings (SSSR count). The van der Waals surface area contributed by atoms with Crippen molar-refractivity contribution < 1.29 is 0 Å². The van der Waals surface area contributed by atoms with Gasteiger partial charge in [-0.2, -0.15) is 0 Å². The maximum Gasteiger partial charge on any atom is 0.0300 e. The quantitative estimate of drug-likeness (QED) is 0.836. The minimum Gasteiger partial charge on any atom is -0.313 e. The lowest BCUT2D eigenvalue weighted by molar-refractivity contribution is 0.354. The Hall–Kier alpha value is -0.890. The van der Waals surface area contributed by atoms with E-state index in [1.807, 2.05) is 18.5 Å². The van der Waals surface area contributed by atoms with Gasteiger partial charge in [0, 0.05) is 18.4 Å². The first-order valence-corrected chi connectivity index (χ1v) is 6.54. The number of rotatable bonds is 4. The summed E-state index contributed by atoms with van der Waals surface area (Å²) in [4.78, 5) is 4.15. The average Bonchev–Trinajstić information content (AvgIpc) is 2.92. The molecular weight excluding hydrogens is 196 g/mol. The van der Waals surface area contributed by atoms with Crippen LogP contribution in [0.25, 0.3) is 0 Å². The van der Waals surface area contributed by atoms with Crippen molar-refractivity contribution in [1.82, 2.24) is 10.3 Å². The summed E-state index contributed by atoms with van der Waals surface area (Å²) in [7, 11) is 0. The molecule has 2 heteroatoms. The van der Waals surface area contributed by atoms with E-state index >= 15 is 0 Å². The Bertz CT molecular complexity index is 336. The highest BCUT2D eigenvalue weighted by Gasteiger charge is 2.38. The van der Waals surface area contributed by atoms with Crippen LogP contribution in [0.4, 0.5) is 0 Å². The molecule has 0 amide bonds. The third-order valence-corrected chi connectivity index (χ3v) is 4.28. The molecular formula is C14H20N2. The molecule has 3 atom stereocenters. The van der Waals surface area contributed by atoms with E-state index in [4.69, 9.17) is 0 Å². The minimum atomic E-state index is 0.815. The van der Waals surface area contributed by atoms with E-state index in [0.717, 1.165) is 30.8 Å². The van der Waals surface area contributed by atoms with Gasteiger partial charge in [-0.05, 0) is 55.7 Å². The van der Waals surface area contributed by atoms with E-state index in [1.54, 1.807) is 0 Å². The molecule has 2 aliphatic carbocycles. The fourth-order valence-corrected chi connectivity index (χ4v) is 3.44. The molecule has 3 unspecified atom stereocenters. The fourth-order valence-electron chi connectivity index (χ4n) is 3.44. The second-order valence-corrected chi connectivity index (χ2v) is 5.35. The summed E-state index contributed by atoms with van der Waals surface area (Å²) in [5.41, 5.74) is 1.35. The van der Waals surface area contributed by atoms with Gasteiger partial charge in [0.25, 0.3) is 0 Å². The van der Waals surface area contributed by atoms with Crippen molar-refractivity contribution >= 4 is 0 Å². The van der Waals surface area contributed by atoms with Crippen molar-refractivity contribution in [3.63, 3.8) is 0 Å². The van der Waals surface area contributed by atoms with Crippen molar-refractivity contribution in [3.05, 3.63) is 30.1 Å². The third kappa shape index (κ3) is 2.12. The van der Waals surface area contributed by atoms with Gasteiger partial charge in [0.1, 0.15) is 0 Å². The van der Waals surface area contributed by atoms with Crippen molar-refractivity contribution in [2.24, 2.45) is 11.8 Å². The fraction of sp³-hybridized carbons (Fsp3) is 0.643. The zero-order valence-electron chi connectivity index (χ0n) is 9.73. The predicted octanol–water partition coefficient (Wildman–Crippen LogP) is 2.40. The predicted molar refractivity (Wildman–Crippen MR) is 65.2 cm³/mol. The van der Waals surface area contributed by atoms with E-state index in [9.17, 15) is 0 Å². The summed E-state index contributed by atoms with van der Waals surface area (Å²) in [6, 6.07) is 5.00. The van der Waals surface area contributed by atoms with Gasteiger partial charge in [-0.3, -0.25) is 4.98 Å². The number of nitrogens with one attached hydrogen (secondary N) is 1. The van der Waals surface area contributed by atoms with Gasteiger partial charge in [0.15, 0.2) is 0 Å². The lowest BCUT2D eigenvalue weighted by Gasteiger charge is -2.22. The molecule has 0 aromatic carbocycles. The second-order valence-electron chi connectivity index (χ2n) is 5.35. The lowest BCUT2D eigenvalue weighted by Crippen LogP contribution is -2.35. The van der Waals surface area contributed by atoms with Crippen LogP contribution < -0.4 is 5.32 Å². The Kier molecular flexibility index (Phi) is 2.92. The van der Waals surface area contributed by atoms with Gasteiger partial charge in [-0.25, -0.2) is 0 Å². The van der Waals surface area contributed by atoms with E-state index in [2.05, 4.69) is 16.4 Å². The molecule has 1 aromatic rings. The molecule has 16 heavy (non-hydrogen) atoms. The first kappa shape index (κ1) is 10.3. The third-order valence-electron chi connectivity index (χ3n) is 4.28. The summed E-state index contributed by atoms with van der Waals surface area (Å²) in [5.74, 6) is 2.03. The largest absolute Gasteiger partial charge is 0.313 e. The maximum absolute atomic E-state index is 4.15. The number of fused-ring (bicyclic) bond motifs is 2. The Morgan fingerprint density at radius 3 is 3.00 bits per heavy atom. The number of hydrogen-bond donors (Lipinski definition) is 1. The lowest BCUT2D eigenvalue weighted by atomic mass is 9.95. The number of aromatic nitrogens is 1. The standard InChI is InChI=1S/C14H20N2/c1-2-11(10-15-6-1)5-7-16-14-9-12-3-4-13(14)8-12/h1-2,6,10,12-14,16H,3-5,7-9H2. The average molecular weight is 216 g/mol. The zero-order valence-corrected chi connectivity index (χ0v) is 9.73. The van der Waals surface area contributed by atoms with Gasteiger partial charge in [-0.1, -0.05) is 12.5 Å². The van der Waals surface area contributed by atoms with E-state index in [0.29, 0.717) is 0 Å². The molecule has 86 valence electrons. The van der Waals surface area contributed by atoms with Crippen LogP contribution in [-0.2, 0) is 6.42 Å². The van der Waals surface area contributed by atoms with Gasteiger partial charge in [-0.15, -0.1) is 0 Å². The molecule has 2 bridgehead atoms. The Labute approximate surface area is 97.5 Å². The Balaban J connectivity index is 1.44. The monoisotopic (exact) mass is 216 g/mol. The summed E-state index contributed by atoms with van der Waals surface area (Å²) in [6.45, 7) is 1.11. The van der Waals surface area contributed by atoms with Crippen LogP contribution in [0, 0.1) is 11.8 Å². The normalized spacial score (nSPS) is 32.1. The van der Waals surface area contributed by atoms with Gasteiger partial charge in [0.2, 0.25) is 0 Å². The molecule has 2 nitrogen and oxygen atoms in total. The van der Waals surface area contributed by atoms with Crippen LogP contribution in [0.15, 0.2) is 24.5 Å². The molecule has 2 saturated carbocycles. The van der Waals surface area contributed by atoms with Gasteiger partial charge >= 0.3 is 0 Å². The number of nitrogens with zero attached hydrogens (tertiary/aromatic N) is 1. The van der Waals surface area contributed by atoms with Crippen molar-refractivity contribution in [1.29, 1.82) is 0 Å². The van der Waals surface area contributed by atoms with Crippen molar-refractivity contribution in [2.75, 3.05) is 6.54 Å². The Morgan fingerprint density at radius 1 is 1.31 bits per heavy atom. The second kappa shape index (κ2) is 4.54. The van der Waals surface area contributed by atoms with Gasteiger partial charge in [0.05, 0.1) is 0 Å². The van der Waals surface area contributed by atoms with Crippen molar-refractivity contribution in [3.8, 4) is 0 Å². The molecule has 2 aliphatic rings. The van der Waals surface area contributed by atoms with Crippen LogP contribution in [-0.4, -0.2) is 17.6 Å². The SMILES string of the molecule is c1cncc(CCNC2CC3CCC2C3)c1. The summed E-state index contributed by atoms with van der Waals surface area (Å²) >= 11 is 0. The number of hydrogen-bond acceptors (Lipinski definition) is 2. The summed E-state index contributed by atoms with van der Waals surface area (Å²) in [5, 5.41) is 3.73. The molecule has 2 fully saturated rings. The highest BCUT2D eigenvalue weighted by atomic mass is 14.9. The van der Waals surface area contributed by atoms with Crippen LogP contribution in [0.3, 0.4) is 0 Å². The summed E-state index contributed by atoms with van der Waals surface area (Å²) in [6.07, 6.45) is 10.8. The zero-order chi connectivity index (χ0) is 10.8. The van der Waals surface area contributed by atoms with Crippen LogP contribution in [0.1, 0.15) is 31.2 Å². The molecule has 1 heterocycles. The molecule has 0 spiro atoms. The smallest absolute Gasteiger partial charge is 0.0300 e. The molecule has 0 aliphatic heterocycles. The highest BCUT2D eigenvalue weighted by Crippen LogP contribution is 2.44. The topological polar surface area (TPSA) is 24.9 Å². The van der Waals surface area contributed by atoms with Crippen molar-refractivity contribution in [2.45, 2.75) is 38.1 Å². The summed E-state index contributed by atoms with van der Waals surface area (Å²) < 4.78 is 0. The molecule has 0 saturated heterocycles. The molecule has 1 aromatic heterocycles. The van der Waals surface area contributed by atoms with Crippen LogP contribution in [0.2, 0.25) is 0 Å².